The summed E-state index contributed by atoms with van der Waals surface area (Å²) in [5.74, 6) is 2.56. The van der Waals surface area contributed by atoms with Gasteiger partial charge in [-0.3, -0.25) is 9.36 Å². The zero-order chi connectivity index (χ0) is 20.9. The van der Waals surface area contributed by atoms with E-state index in [0.717, 1.165) is 45.3 Å². The minimum absolute atomic E-state index is 0.0289. The van der Waals surface area contributed by atoms with Gasteiger partial charge in [-0.25, -0.2) is 4.98 Å². The van der Waals surface area contributed by atoms with Crippen molar-refractivity contribution < 1.29 is 13.9 Å². The maximum atomic E-state index is 13.5. The van der Waals surface area contributed by atoms with Crippen molar-refractivity contribution in [3.63, 3.8) is 0 Å². The number of para-hydroxylation sites is 2. The van der Waals surface area contributed by atoms with Gasteiger partial charge < -0.3 is 14.5 Å². The third-order valence-electron chi connectivity index (χ3n) is 6.28. The Labute approximate surface area is 179 Å². The van der Waals surface area contributed by atoms with E-state index in [1.807, 2.05) is 54.6 Å². The average molecular weight is 411 g/mol. The molecule has 0 bridgehead atoms. The van der Waals surface area contributed by atoms with Crippen molar-refractivity contribution >= 4 is 22.8 Å². The first-order valence-corrected chi connectivity index (χ1v) is 10.4. The summed E-state index contributed by atoms with van der Waals surface area (Å²) in [4.78, 5) is 18.3. The van der Waals surface area contributed by atoms with Crippen LogP contribution in [0.1, 0.15) is 36.1 Å². The highest BCUT2D eigenvalue weighted by atomic mass is 16.5. The molecule has 154 valence electrons. The molecule has 0 fully saturated rings. The van der Waals surface area contributed by atoms with Crippen LogP contribution in [-0.2, 0) is 4.79 Å². The molecule has 3 heterocycles. The second kappa shape index (κ2) is 6.87. The van der Waals surface area contributed by atoms with Crippen LogP contribution < -0.4 is 10.1 Å². The third kappa shape index (κ3) is 2.79. The molecule has 2 aliphatic rings. The van der Waals surface area contributed by atoms with Crippen LogP contribution in [0.2, 0.25) is 0 Å². The lowest BCUT2D eigenvalue weighted by atomic mass is 9.79. The van der Waals surface area contributed by atoms with Gasteiger partial charge in [0.2, 0.25) is 5.95 Å². The van der Waals surface area contributed by atoms with Crippen molar-refractivity contribution in [3.05, 3.63) is 89.5 Å². The molecule has 0 radical (unpaired) electrons. The predicted octanol–water partition coefficient (Wildman–Crippen LogP) is 5.05. The normalized spacial score (nSPS) is 20.4. The zero-order valence-electron chi connectivity index (χ0n) is 17.0. The number of ketones is 1. The fourth-order valence-corrected chi connectivity index (χ4v) is 4.85. The summed E-state index contributed by atoms with van der Waals surface area (Å²) in [6, 6.07) is 19.6. The molecular formula is C25H21N3O3. The van der Waals surface area contributed by atoms with Gasteiger partial charge in [-0.2, -0.15) is 0 Å². The number of Topliss-reactive ketones (excluding diaryl/α,β-unsaturated/α-hetero) is 1. The third-order valence-corrected chi connectivity index (χ3v) is 6.28. The smallest absolute Gasteiger partial charge is 0.209 e. The number of hydrogen-bond acceptors (Lipinski definition) is 5. The molecule has 2 atom stereocenters. The molecule has 0 saturated heterocycles. The first-order chi connectivity index (χ1) is 15.2. The van der Waals surface area contributed by atoms with Crippen LogP contribution in [0.5, 0.6) is 5.75 Å². The number of imidazole rings is 1. The molecule has 4 aromatic rings. The lowest BCUT2D eigenvalue weighted by molar-refractivity contribution is -0.116. The minimum Gasteiger partial charge on any atom is -0.497 e. The fourth-order valence-electron chi connectivity index (χ4n) is 4.85. The van der Waals surface area contributed by atoms with Gasteiger partial charge in [0.05, 0.1) is 30.4 Å². The zero-order valence-corrected chi connectivity index (χ0v) is 17.0. The van der Waals surface area contributed by atoms with Crippen LogP contribution in [0.25, 0.3) is 11.0 Å². The van der Waals surface area contributed by atoms with E-state index in [4.69, 9.17) is 14.1 Å². The van der Waals surface area contributed by atoms with Gasteiger partial charge in [0, 0.05) is 23.6 Å². The van der Waals surface area contributed by atoms with Gasteiger partial charge in [-0.05, 0) is 48.4 Å². The Morgan fingerprint density at radius 2 is 1.90 bits per heavy atom. The highest BCUT2D eigenvalue weighted by molar-refractivity contribution is 6.01. The SMILES string of the molecule is COc1ccc(C2C3=C(CC(c4ccco4)CC3=O)Nc3nc4ccccc4n32)cc1. The van der Waals surface area contributed by atoms with Gasteiger partial charge in [0.15, 0.2) is 5.78 Å². The molecule has 2 unspecified atom stereocenters. The molecule has 0 saturated carbocycles. The van der Waals surface area contributed by atoms with E-state index in [9.17, 15) is 4.79 Å². The van der Waals surface area contributed by atoms with E-state index in [1.54, 1.807) is 13.4 Å². The Hall–Kier alpha value is -3.80. The number of fused-ring (bicyclic) bond motifs is 3. The van der Waals surface area contributed by atoms with Gasteiger partial charge in [-0.1, -0.05) is 24.3 Å². The molecule has 0 spiro atoms. The van der Waals surface area contributed by atoms with E-state index in [2.05, 4.69) is 16.0 Å². The van der Waals surface area contributed by atoms with E-state index in [1.165, 1.54) is 0 Å². The Kier molecular flexibility index (Phi) is 3.99. The van der Waals surface area contributed by atoms with E-state index >= 15 is 0 Å². The number of benzene rings is 2. The predicted molar refractivity (Wildman–Crippen MR) is 117 cm³/mol. The van der Waals surface area contributed by atoms with E-state index in [-0.39, 0.29) is 17.7 Å². The van der Waals surface area contributed by atoms with Crippen LogP contribution in [0, 0.1) is 0 Å². The summed E-state index contributed by atoms with van der Waals surface area (Å²) >= 11 is 0. The van der Waals surface area contributed by atoms with Crippen LogP contribution in [0.4, 0.5) is 5.95 Å². The number of allylic oxidation sites excluding steroid dienone is 2. The molecule has 1 N–H and O–H groups in total. The molecular weight excluding hydrogens is 390 g/mol. The number of nitrogens with zero attached hydrogens (tertiary/aromatic N) is 2. The number of aromatic nitrogens is 2. The second-order valence-corrected chi connectivity index (χ2v) is 8.03. The number of ether oxygens (including phenoxy) is 1. The largest absolute Gasteiger partial charge is 0.497 e. The van der Waals surface area contributed by atoms with Crippen molar-refractivity contribution in [2.24, 2.45) is 0 Å². The number of rotatable bonds is 3. The van der Waals surface area contributed by atoms with Gasteiger partial charge in [0.25, 0.3) is 0 Å². The van der Waals surface area contributed by atoms with Crippen molar-refractivity contribution in [2.75, 3.05) is 12.4 Å². The number of anilines is 1. The summed E-state index contributed by atoms with van der Waals surface area (Å²) < 4.78 is 13.1. The Morgan fingerprint density at radius 1 is 1.06 bits per heavy atom. The highest BCUT2D eigenvalue weighted by Crippen LogP contribution is 2.46. The minimum atomic E-state index is -0.241. The lowest BCUT2D eigenvalue weighted by Gasteiger charge is -2.36. The summed E-state index contributed by atoms with van der Waals surface area (Å²) in [5.41, 5.74) is 4.67. The first-order valence-electron chi connectivity index (χ1n) is 10.4. The lowest BCUT2D eigenvalue weighted by Crippen LogP contribution is -2.33. The number of carbonyl (C=O) groups excluding carboxylic acids is 1. The van der Waals surface area contributed by atoms with Crippen LogP contribution in [0.3, 0.4) is 0 Å². The maximum Gasteiger partial charge on any atom is 0.209 e. The van der Waals surface area contributed by atoms with Gasteiger partial charge in [-0.15, -0.1) is 0 Å². The topological polar surface area (TPSA) is 69.3 Å². The van der Waals surface area contributed by atoms with Crippen molar-refractivity contribution in [2.45, 2.75) is 24.8 Å². The second-order valence-electron chi connectivity index (χ2n) is 8.03. The number of carbonyl (C=O) groups is 1. The monoisotopic (exact) mass is 411 g/mol. The molecule has 1 aliphatic carbocycles. The van der Waals surface area contributed by atoms with Crippen LogP contribution in [0.15, 0.2) is 82.6 Å². The van der Waals surface area contributed by atoms with Crippen molar-refractivity contribution in [1.82, 2.24) is 9.55 Å². The quantitative estimate of drug-likeness (QED) is 0.511. The summed E-state index contributed by atoms with van der Waals surface area (Å²) in [5, 5.41) is 3.48. The van der Waals surface area contributed by atoms with Crippen molar-refractivity contribution in [3.8, 4) is 5.75 Å². The molecule has 2 aromatic heterocycles. The Bertz CT molecular complexity index is 1320. The highest BCUT2D eigenvalue weighted by Gasteiger charge is 2.40. The molecule has 2 aromatic carbocycles. The molecule has 1 aliphatic heterocycles. The average Bonchev–Trinajstić information content (AvgIpc) is 3.46. The van der Waals surface area contributed by atoms with E-state index in [0.29, 0.717) is 12.8 Å². The van der Waals surface area contributed by atoms with Gasteiger partial charge >= 0.3 is 0 Å². The molecule has 6 rings (SSSR count). The number of nitrogens with one attached hydrogen (secondary N) is 1. The molecule has 31 heavy (non-hydrogen) atoms. The number of furan rings is 1. The molecule has 0 amide bonds. The van der Waals surface area contributed by atoms with Crippen LogP contribution >= 0.6 is 0 Å². The number of methoxy groups -OCH3 is 1. The summed E-state index contributed by atoms with van der Waals surface area (Å²) in [6.07, 6.45) is 2.81. The van der Waals surface area contributed by atoms with E-state index < -0.39 is 0 Å². The molecule has 6 heteroatoms. The van der Waals surface area contributed by atoms with Crippen LogP contribution in [-0.4, -0.2) is 22.4 Å². The number of hydrogen-bond donors (Lipinski definition) is 1. The Balaban J connectivity index is 1.54. The summed E-state index contributed by atoms with van der Waals surface area (Å²) in [7, 11) is 1.65. The van der Waals surface area contributed by atoms with Crippen molar-refractivity contribution in [1.29, 1.82) is 0 Å². The summed E-state index contributed by atoms with van der Waals surface area (Å²) in [6.45, 7) is 0. The maximum absolute atomic E-state index is 13.5. The Morgan fingerprint density at radius 3 is 2.68 bits per heavy atom. The first kappa shape index (κ1) is 18.0. The fraction of sp³-hybridized carbons (Fsp3) is 0.200. The van der Waals surface area contributed by atoms with Gasteiger partial charge in [0.1, 0.15) is 11.5 Å². The standard InChI is InChI=1S/C25H21N3O3/c1-30-17-10-8-15(9-11-17)24-23-19(13-16(14-21(23)29)22-7-4-12-31-22)27-25-26-18-5-2-3-6-20(18)28(24)25/h2-12,16,24H,13-14H2,1H3,(H,26,27). The molecule has 6 nitrogen and oxygen atoms in total.